The van der Waals surface area contributed by atoms with Crippen LogP contribution in [0, 0.1) is 11.3 Å². The van der Waals surface area contributed by atoms with Gasteiger partial charge in [0, 0.05) is 0 Å². The van der Waals surface area contributed by atoms with Gasteiger partial charge in [-0.1, -0.05) is 12.1 Å². The van der Waals surface area contributed by atoms with Gasteiger partial charge in [0.25, 0.3) is 0 Å². The van der Waals surface area contributed by atoms with Crippen molar-refractivity contribution in [1.82, 2.24) is 0 Å². The van der Waals surface area contributed by atoms with E-state index in [1.807, 2.05) is 6.07 Å². The zero-order chi connectivity index (χ0) is 23.5. The van der Waals surface area contributed by atoms with Crippen molar-refractivity contribution in [2.45, 2.75) is 6.18 Å². The number of anilines is 4. The molecule has 0 bridgehead atoms. The summed E-state index contributed by atoms with van der Waals surface area (Å²) in [5, 5.41) is 33.2. The molecule has 0 amide bonds. The number of carboxylic acids is 2. The summed E-state index contributed by atoms with van der Waals surface area (Å²) in [6, 6.07) is 13.9. The molecular formula is C22H14F3N3O4. The zero-order valence-electron chi connectivity index (χ0n) is 16.1. The number of rotatable bonds is 6. The van der Waals surface area contributed by atoms with Gasteiger partial charge in [0.2, 0.25) is 0 Å². The predicted octanol–water partition coefficient (Wildman–Crippen LogP) is 5.46. The Kier molecular flexibility index (Phi) is 6.02. The van der Waals surface area contributed by atoms with Gasteiger partial charge in [0.15, 0.2) is 0 Å². The Labute approximate surface area is 179 Å². The number of alkyl halides is 3. The van der Waals surface area contributed by atoms with E-state index in [0.29, 0.717) is 0 Å². The van der Waals surface area contributed by atoms with Gasteiger partial charge in [-0.2, -0.15) is 18.4 Å². The molecule has 0 spiro atoms. The third kappa shape index (κ3) is 4.79. The van der Waals surface area contributed by atoms with E-state index in [1.165, 1.54) is 36.4 Å². The number of benzene rings is 3. The largest absolute Gasteiger partial charge is 0.478 e. The molecule has 0 aromatic heterocycles. The highest BCUT2D eigenvalue weighted by Gasteiger charge is 2.31. The van der Waals surface area contributed by atoms with Gasteiger partial charge >= 0.3 is 18.1 Å². The van der Waals surface area contributed by atoms with Crippen molar-refractivity contribution in [2.75, 3.05) is 10.6 Å². The number of carbonyl (C=O) groups is 2. The average Bonchev–Trinajstić information content (AvgIpc) is 2.74. The number of para-hydroxylation sites is 1. The molecule has 4 N–H and O–H groups in total. The fourth-order valence-electron chi connectivity index (χ4n) is 2.90. The highest BCUT2D eigenvalue weighted by atomic mass is 19.4. The van der Waals surface area contributed by atoms with Gasteiger partial charge in [-0.25, -0.2) is 9.59 Å². The summed E-state index contributed by atoms with van der Waals surface area (Å²) in [5.41, 5.74) is -1.32. The van der Waals surface area contributed by atoms with E-state index in [0.717, 1.165) is 24.3 Å². The SMILES string of the molecule is N#Cc1ccc(Nc2ccc(C(F)(F)F)cc2Nc2ccccc2C(=O)O)c(C(=O)O)c1. The maximum absolute atomic E-state index is 13.3. The minimum Gasteiger partial charge on any atom is -0.478 e. The van der Waals surface area contributed by atoms with Crippen molar-refractivity contribution in [3.8, 4) is 6.07 Å². The molecule has 0 heterocycles. The van der Waals surface area contributed by atoms with Crippen LogP contribution >= 0.6 is 0 Å². The third-order valence-electron chi connectivity index (χ3n) is 4.42. The summed E-state index contributed by atoms with van der Waals surface area (Å²) in [5.74, 6) is -2.63. The summed E-state index contributed by atoms with van der Waals surface area (Å²) < 4.78 is 39.8. The highest BCUT2D eigenvalue weighted by Crippen LogP contribution is 2.37. The lowest BCUT2D eigenvalue weighted by Gasteiger charge is -2.18. The summed E-state index contributed by atoms with van der Waals surface area (Å²) in [6.07, 6.45) is -4.66. The van der Waals surface area contributed by atoms with E-state index >= 15 is 0 Å². The van der Waals surface area contributed by atoms with Crippen LogP contribution in [-0.2, 0) is 6.18 Å². The smallest absolute Gasteiger partial charge is 0.416 e. The van der Waals surface area contributed by atoms with E-state index in [2.05, 4.69) is 10.6 Å². The van der Waals surface area contributed by atoms with Crippen LogP contribution in [-0.4, -0.2) is 22.2 Å². The molecule has 0 unspecified atom stereocenters. The first-order valence-corrected chi connectivity index (χ1v) is 8.95. The molecule has 0 aliphatic heterocycles. The van der Waals surface area contributed by atoms with E-state index in [-0.39, 0.29) is 39.4 Å². The molecule has 32 heavy (non-hydrogen) atoms. The first-order valence-electron chi connectivity index (χ1n) is 8.95. The minimum atomic E-state index is -4.66. The standard InChI is InChI=1S/C22H14F3N3O4/c23-22(24,25)13-6-8-18(27-17-7-5-12(11-26)9-15(17)21(31)32)19(10-13)28-16-4-2-1-3-14(16)20(29)30/h1-10,27-28H,(H,29,30)(H,31,32). The van der Waals surface area contributed by atoms with E-state index in [9.17, 15) is 33.0 Å². The Hall–Kier alpha value is -4.52. The molecule has 3 aromatic rings. The van der Waals surface area contributed by atoms with Crippen LogP contribution in [0.3, 0.4) is 0 Å². The molecule has 0 atom stereocenters. The fraction of sp³-hybridized carbons (Fsp3) is 0.0455. The number of hydrogen-bond acceptors (Lipinski definition) is 5. The van der Waals surface area contributed by atoms with Crippen molar-refractivity contribution < 1.29 is 33.0 Å². The molecule has 0 aliphatic rings. The number of carboxylic acid groups (broad SMARTS) is 2. The Morgan fingerprint density at radius 1 is 0.781 bits per heavy atom. The zero-order valence-corrected chi connectivity index (χ0v) is 16.1. The van der Waals surface area contributed by atoms with Crippen LogP contribution in [0.2, 0.25) is 0 Å². The van der Waals surface area contributed by atoms with Crippen molar-refractivity contribution in [3.05, 3.63) is 82.9 Å². The molecule has 0 saturated carbocycles. The topological polar surface area (TPSA) is 122 Å². The summed E-state index contributed by atoms with van der Waals surface area (Å²) >= 11 is 0. The van der Waals surface area contributed by atoms with Gasteiger partial charge in [0.1, 0.15) is 0 Å². The van der Waals surface area contributed by atoms with E-state index < -0.39 is 23.7 Å². The predicted molar refractivity (Wildman–Crippen MR) is 110 cm³/mol. The Balaban J connectivity index is 2.11. The lowest BCUT2D eigenvalue weighted by atomic mass is 10.1. The van der Waals surface area contributed by atoms with Crippen molar-refractivity contribution in [1.29, 1.82) is 5.26 Å². The minimum absolute atomic E-state index is 0.0332. The Bertz CT molecular complexity index is 1250. The lowest BCUT2D eigenvalue weighted by Crippen LogP contribution is -2.09. The third-order valence-corrected chi connectivity index (χ3v) is 4.42. The highest BCUT2D eigenvalue weighted by molar-refractivity contribution is 5.98. The van der Waals surface area contributed by atoms with Gasteiger partial charge in [-0.05, 0) is 48.5 Å². The second-order valence-corrected chi connectivity index (χ2v) is 6.54. The van der Waals surface area contributed by atoms with Crippen molar-refractivity contribution in [2.24, 2.45) is 0 Å². The van der Waals surface area contributed by atoms with Crippen molar-refractivity contribution >= 4 is 34.7 Å². The quantitative estimate of drug-likeness (QED) is 0.401. The van der Waals surface area contributed by atoms with Crippen molar-refractivity contribution in [3.63, 3.8) is 0 Å². The monoisotopic (exact) mass is 441 g/mol. The van der Waals surface area contributed by atoms with Crippen LogP contribution in [0.1, 0.15) is 31.8 Å². The molecule has 0 saturated heterocycles. The average molecular weight is 441 g/mol. The number of nitrogens with zero attached hydrogens (tertiary/aromatic N) is 1. The number of aromatic carboxylic acids is 2. The van der Waals surface area contributed by atoms with Gasteiger partial charge in [0.05, 0.1) is 51.1 Å². The molecule has 7 nitrogen and oxygen atoms in total. The first-order chi connectivity index (χ1) is 15.1. The first kappa shape index (κ1) is 22.2. The molecule has 10 heteroatoms. The number of nitrogens with one attached hydrogen (secondary N) is 2. The fourth-order valence-corrected chi connectivity index (χ4v) is 2.90. The lowest BCUT2D eigenvalue weighted by molar-refractivity contribution is -0.137. The molecule has 0 fully saturated rings. The molecule has 162 valence electrons. The molecule has 0 aliphatic carbocycles. The summed E-state index contributed by atoms with van der Waals surface area (Å²) in [6.45, 7) is 0. The maximum Gasteiger partial charge on any atom is 0.416 e. The number of hydrogen-bond donors (Lipinski definition) is 4. The Morgan fingerprint density at radius 2 is 1.38 bits per heavy atom. The van der Waals surface area contributed by atoms with Crippen LogP contribution in [0.15, 0.2) is 60.7 Å². The van der Waals surface area contributed by atoms with Crippen LogP contribution in [0.5, 0.6) is 0 Å². The second kappa shape index (κ2) is 8.69. The van der Waals surface area contributed by atoms with Gasteiger partial charge < -0.3 is 20.8 Å². The Morgan fingerprint density at radius 3 is 2.00 bits per heavy atom. The summed E-state index contributed by atoms with van der Waals surface area (Å²) in [7, 11) is 0. The van der Waals surface area contributed by atoms with Crippen LogP contribution in [0.25, 0.3) is 0 Å². The van der Waals surface area contributed by atoms with E-state index in [1.54, 1.807) is 0 Å². The number of halogens is 3. The molecule has 3 rings (SSSR count). The number of nitriles is 1. The van der Waals surface area contributed by atoms with Gasteiger partial charge in [-0.15, -0.1) is 0 Å². The molecule has 0 radical (unpaired) electrons. The van der Waals surface area contributed by atoms with Gasteiger partial charge in [-0.3, -0.25) is 0 Å². The summed E-state index contributed by atoms with van der Waals surface area (Å²) in [4.78, 5) is 23.0. The van der Waals surface area contributed by atoms with Crippen LogP contribution in [0.4, 0.5) is 35.9 Å². The maximum atomic E-state index is 13.3. The normalized spacial score (nSPS) is 10.8. The molecular weight excluding hydrogens is 427 g/mol. The molecule has 3 aromatic carbocycles. The van der Waals surface area contributed by atoms with E-state index in [4.69, 9.17) is 5.26 Å². The second-order valence-electron chi connectivity index (χ2n) is 6.54. The van der Waals surface area contributed by atoms with Crippen LogP contribution < -0.4 is 10.6 Å².